The maximum atomic E-state index is 10.5. The quantitative estimate of drug-likeness (QED) is 0.841. The third-order valence-electron chi connectivity index (χ3n) is 1.80. The molecule has 0 aliphatic carbocycles. The summed E-state index contributed by atoms with van der Waals surface area (Å²) in [6.07, 6.45) is -0.867. The van der Waals surface area contributed by atoms with Crippen LogP contribution in [0.2, 0.25) is 5.02 Å². The molecule has 3 nitrogen and oxygen atoms in total. The van der Waals surface area contributed by atoms with Crippen LogP contribution < -0.4 is 4.74 Å². The second kappa shape index (κ2) is 4.33. The largest absolute Gasteiger partial charge is 0.479 e. The lowest BCUT2D eigenvalue weighted by atomic mass is 10.2. The highest BCUT2D eigenvalue weighted by atomic mass is 35.5. The Morgan fingerprint density at radius 2 is 2.21 bits per heavy atom. The number of rotatable bonds is 3. The number of carboxylic acid groups (broad SMARTS) is 1. The van der Waals surface area contributed by atoms with E-state index in [0.717, 1.165) is 5.56 Å². The van der Waals surface area contributed by atoms with Gasteiger partial charge in [-0.2, -0.15) is 0 Å². The fourth-order valence-corrected chi connectivity index (χ4v) is 1.07. The van der Waals surface area contributed by atoms with Crippen molar-refractivity contribution in [2.75, 3.05) is 0 Å². The van der Waals surface area contributed by atoms with Crippen LogP contribution in [0.4, 0.5) is 0 Å². The SMILES string of the molecule is Cc1ccc(O[C@H](C)C(=O)O)cc1Cl. The van der Waals surface area contributed by atoms with Gasteiger partial charge in [0.15, 0.2) is 6.10 Å². The van der Waals surface area contributed by atoms with E-state index in [2.05, 4.69) is 0 Å². The number of carbonyl (C=O) groups is 1. The molecule has 1 N–H and O–H groups in total. The zero-order valence-corrected chi connectivity index (χ0v) is 8.71. The standard InChI is InChI=1S/C10H11ClO3/c1-6-3-4-8(5-9(6)11)14-7(2)10(12)13/h3-5,7H,1-2H3,(H,12,13)/t7-/m1/s1. The third-order valence-corrected chi connectivity index (χ3v) is 2.21. The average molecular weight is 215 g/mol. The molecule has 1 aromatic carbocycles. The van der Waals surface area contributed by atoms with E-state index in [-0.39, 0.29) is 0 Å². The van der Waals surface area contributed by atoms with Gasteiger partial charge in [0.05, 0.1) is 0 Å². The monoisotopic (exact) mass is 214 g/mol. The molecule has 1 rings (SSSR count). The Kier molecular flexibility index (Phi) is 3.36. The van der Waals surface area contributed by atoms with Gasteiger partial charge < -0.3 is 9.84 Å². The molecule has 0 saturated carbocycles. The van der Waals surface area contributed by atoms with Gasteiger partial charge in [-0.15, -0.1) is 0 Å². The molecule has 1 atom stereocenters. The Hall–Kier alpha value is -1.22. The number of benzene rings is 1. The van der Waals surface area contributed by atoms with Gasteiger partial charge in [0, 0.05) is 5.02 Å². The molecule has 14 heavy (non-hydrogen) atoms. The molecule has 0 aliphatic rings. The molecule has 0 fully saturated rings. The highest BCUT2D eigenvalue weighted by Crippen LogP contribution is 2.22. The molecule has 0 saturated heterocycles. The number of halogens is 1. The van der Waals surface area contributed by atoms with Crippen molar-refractivity contribution < 1.29 is 14.6 Å². The summed E-state index contributed by atoms with van der Waals surface area (Å²) in [6.45, 7) is 3.34. The Bertz CT molecular complexity index is 349. The summed E-state index contributed by atoms with van der Waals surface area (Å²) in [6, 6.07) is 5.09. The highest BCUT2D eigenvalue weighted by molar-refractivity contribution is 6.31. The predicted molar refractivity (Wildman–Crippen MR) is 53.9 cm³/mol. The van der Waals surface area contributed by atoms with Crippen LogP contribution in [0.25, 0.3) is 0 Å². The van der Waals surface area contributed by atoms with Crippen LogP contribution in [0.3, 0.4) is 0 Å². The first-order valence-corrected chi connectivity index (χ1v) is 4.54. The van der Waals surface area contributed by atoms with Crippen LogP contribution in [-0.2, 0) is 4.79 Å². The van der Waals surface area contributed by atoms with Gasteiger partial charge in [0.25, 0.3) is 0 Å². The molecule has 0 bridgehead atoms. The van der Waals surface area contributed by atoms with E-state index in [1.165, 1.54) is 6.92 Å². The summed E-state index contributed by atoms with van der Waals surface area (Å²) < 4.78 is 5.13. The smallest absolute Gasteiger partial charge is 0.344 e. The van der Waals surface area contributed by atoms with E-state index < -0.39 is 12.1 Å². The zero-order chi connectivity index (χ0) is 10.7. The van der Waals surface area contributed by atoms with Crippen LogP contribution in [-0.4, -0.2) is 17.2 Å². The highest BCUT2D eigenvalue weighted by Gasteiger charge is 2.12. The predicted octanol–water partition coefficient (Wildman–Crippen LogP) is 2.50. The molecule has 0 amide bonds. The Morgan fingerprint density at radius 3 is 2.71 bits per heavy atom. The molecule has 0 aliphatic heterocycles. The van der Waals surface area contributed by atoms with E-state index >= 15 is 0 Å². The summed E-state index contributed by atoms with van der Waals surface area (Å²) >= 11 is 5.85. The fourth-order valence-electron chi connectivity index (χ4n) is 0.901. The lowest BCUT2D eigenvalue weighted by Gasteiger charge is -2.10. The molecule has 4 heteroatoms. The van der Waals surface area contributed by atoms with Crippen molar-refractivity contribution in [1.29, 1.82) is 0 Å². The van der Waals surface area contributed by atoms with Crippen molar-refractivity contribution >= 4 is 17.6 Å². The van der Waals surface area contributed by atoms with E-state index in [9.17, 15) is 4.79 Å². The van der Waals surface area contributed by atoms with Crippen LogP contribution in [0.5, 0.6) is 5.75 Å². The number of hydrogen-bond donors (Lipinski definition) is 1. The molecular weight excluding hydrogens is 204 g/mol. The zero-order valence-electron chi connectivity index (χ0n) is 7.95. The van der Waals surface area contributed by atoms with Crippen molar-refractivity contribution in [3.05, 3.63) is 28.8 Å². The second-order valence-electron chi connectivity index (χ2n) is 3.01. The van der Waals surface area contributed by atoms with E-state index in [0.29, 0.717) is 10.8 Å². The van der Waals surface area contributed by atoms with Crippen molar-refractivity contribution in [2.45, 2.75) is 20.0 Å². The van der Waals surface area contributed by atoms with E-state index in [1.54, 1.807) is 18.2 Å². The van der Waals surface area contributed by atoms with Crippen LogP contribution in [0, 0.1) is 6.92 Å². The Balaban J connectivity index is 2.78. The van der Waals surface area contributed by atoms with Gasteiger partial charge >= 0.3 is 5.97 Å². The lowest BCUT2D eigenvalue weighted by Crippen LogP contribution is -2.22. The number of hydrogen-bond acceptors (Lipinski definition) is 2. The fraction of sp³-hybridized carbons (Fsp3) is 0.300. The number of aryl methyl sites for hydroxylation is 1. The molecule has 0 unspecified atom stereocenters. The van der Waals surface area contributed by atoms with Crippen molar-refractivity contribution in [3.63, 3.8) is 0 Å². The van der Waals surface area contributed by atoms with Crippen LogP contribution >= 0.6 is 11.6 Å². The number of ether oxygens (including phenoxy) is 1. The first kappa shape index (κ1) is 10.9. The first-order valence-electron chi connectivity index (χ1n) is 4.16. The minimum atomic E-state index is -0.998. The number of carboxylic acids is 1. The maximum Gasteiger partial charge on any atom is 0.344 e. The normalized spacial score (nSPS) is 12.2. The van der Waals surface area contributed by atoms with Gasteiger partial charge in [-0.05, 0) is 31.5 Å². The summed E-state index contributed by atoms with van der Waals surface area (Å²) in [5, 5.41) is 9.18. The third kappa shape index (κ3) is 2.64. The minimum absolute atomic E-state index is 0.468. The lowest BCUT2D eigenvalue weighted by molar-refractivity contribution is -0.144. The van der Waals surface area contributed by atoms with Gasteiger partial charge in [-0.1, -0.05) is 17.7 Å². The molecule has 0 heterocycles. The Labute approximate surface area is 87.3 Å². The summed E-state index contributed by atoms with van der Waals surface area (Å²) in [5.74, 6) is -0.530. The topological polar surface area (TPSA) is 46.5 Å². The van der Waals surface area contributed by atoms with E-state index in [1.807, 2.05) is 6.92 Å². The second-order valence-corrected chi connectivity index (χ2v) is 3.42. The van der Waals surface area contributed by atoms with E-state index in [4.69, 9.17) is 21.4 Å². The van der Waals surface area contributed by atoms with Gasteiger partial charge in [0.2, 0.25) is 0 Å². The van der Waals surface area contributed by atoms with Gasteiger partial charge in [0.1, 0.15) is 5.75 Å². The van der Waals surface area contributed by atoms with Crippen LogP contribution in [0.15, 0.2) is 18.2 Å². The molecule has 0 spiro atoms. The first-order chi connectivity index (χ1) is 6.50. The van der Waals surface area contributed by atoms with Gasteiger partial charge in [-0.3, -0.25) is 0 Å². The number of aliphatic carboxylic acids is 1. The average Bonchev–Trinajstić information content (AvgIpc) is 2.11. The van der Waals surface area contributed by atoms with Crippen molar-refractivity contribution in [2.24, 2.45) is 0 Å². The van der Waals surface area contributed by atoms with Crippen LogP contribution in [0.1, 0.15) is 12.5 Å². The molecule has 0 aromatic heterocycles. The molecule has 1 aromatic rings. The maximum absolute atomic E-state index is 10.5. The summed E-state index contributed by atoms with van der Waals surface area (Å²) in [7, 11) is 0. The van der Waals surface area contributed by atoms with Crippen molar-refractivity contribution in [3.8, 4) is 5.75 Å². The van der Waals surface area contributed by atoms with Crippen molar-refractivity contribution in [1.82, 2.24) is 0 Å². The van der Waals surface area contributed by atoms with Gasteiger partial charge in [-0.25, -0.2) is 4.79 Å². The summed E-state index contributed by atoms with van der Waals surface area (Å²) in [5.41, 5.74) is 0.932. The molecule has 76 valence electrons. The summed E-state index contributed by atoms with van der Waals surface area (Å²) in [4.78, 5) is 10.5. The molecular formula is C10H11ClO3. The molecule has 0 radical (unpaired) electrons. The minimum Gasteiger partial charge on any atom is -0.479 e. The Morgan fingerprint density at radius 1 is 1.57 bits per heavy atom.